The summed E-state index contributed by atoms with van der Waals surface area (Å²) >= 11 is 0. The fraction of sp³-hybridized carbons (Fsp3) is 0.0833. The molecule has 0 spiro atoms. The van der Waals surface area contributed by atoms with Crippen LogP contribution < -0.4 is 5.43 Å². The molecule has 1 amide bonds. The van der Waals surface area contributed by atoms with Gasteiger partial charge >= 0.3 is 0 Å². The molecule has 1 aromatic heterocycles. The summed E-state index contributed by atoms with van der Waals surface area (Å²) in [6.45, 7) is 0. The van der Waals surface area contributed by atoms with Crippen molar-refractivity contribution in [2.45, 2.75) is 0 Å². The molecule has 1 heterocycles. The van der Waals surface area contributed by atoms with E-state index in [9.17, 15) is 9.90 Å². The van der Waals surface area contributed by atoms with E-state index in [1.54, 1.807) is 29.1 Å². The molecule has 0 unspecified atom stereocenters. The van der Waals surface area contributed by atoms with Crippen molar-refractivity contribution >= 4 is 12.1 Å². The topological polar surface area (TPSA) is 79.5 Å². The molecular formula is C12H12N4O2. The second-order valence-electron chi connectivity index (χ2n) is 3.61. The molecule has 2 aromatic rings. The first kappa shape index (κ1) is 11.8. The molecule has 0 radical (unpaired) electrons. The fourth-order valence-electron chi connectivity index (χ4n) is 1.38. The van der Waals surface area contributed by atoms with Gasteiger partial charge in [-0.15, -0.1) is 0 Å². The predicted molar refractivity (Wildman–Crippen MR) is 66.4 cm³/mol. The number of nitrogens with zero attached hydrogens (tertiary/aromatic N) is 3. The van der Waals surface area contributed by atoms with E-state index in [-0.39, 0.29) is 11.3 Å². The Hall–Kier alpha value is -2.63. The molecule has 0 atom stereocenters. The molecule has 2 rings (SSSR count). The summed E-state index contributed by atoms with van der Waals surface area (Å²) in [7, 11) is 1.82. The Morgan fingerprint density at radius 3 is 2.94 bits per heavy atom. The number of aryl methyl sites for hydroxylation is 1. The van der Waals surface area contributed by atoms with E-state index in [1.807, 2.05) is 7.05 Å². The Morgan fingerprint density at radius 2 is 2.28 bits per heavy atom. The number of imidazole rings is 1. The van der Waals surface area contributed by atoms with Gasteiger partial charge in [0.15, 0.2) is 5.82 Å². The summed E-state index contributed by atoms with van der Waals surface area (Å²) in [6, 6.07) is 6.26. The van der Waals surface area contributed by atoms with Gasteiger partial charge in [-0.25, -0.2) is 10.4 Å². The van der Waals surface area contributed by atoms with Crippen LogP contribution in [0.4, 0.5) is 0 Å². The number of benzene rings is 1. The van der Waals surface area contributed by atoms with Crippen LogP contribution in [0.15, 0.2) is 41.8 Å². The Balaban J connectivity index is 2.03. The van der Waals surface area contributed by atoms with Crippen molar-refractivity contribution in [3.8, 4) is 5.75 Å². The molecule has 2 N–H and O–H groups in total. The highest BCUT2D eigenvalue weighted by atomic mass is 16.3. The fourth-order valence-corrected chi connectivity index (χ4v) is 1.38. The van der Waals surface area contributed by atoms with Crippen molar-refractivity contribution in [3.63, 3.8) is 0 Å². The van der Waals surface area contributed by atoms with Gasteiger partial charge in [0.25, 0.3) is 5.91 Å². The van der Waals surface area contributed by atoms with Gasteiger partial charge < -0.3 is 9.67 Å². The summed E-state index contributed by atoms with van der Waals surface area (Å²) in [4.78, 5) is 15.7. The number of hydrogen-bond acceptors (Lipinski definition) is 4. The van der Waals surface area contributed by atoms with Crippen LogP contribution in [-0.4, -0.2) is 26.8 Å². The first-order valence-corrected chi connectivity index (χ1v) is 5.27. The van der Waals surface area contributed by atoms with Crippen molar-refractivity contribution in [1.82, 2.24) is 15.0 Å². The zero-order valence-electron chi connectivity index (χ0n) is 9.74. The van der Waals surface area contributed by atoms with E-state index >= 15 is 0 Å². The van der Waals surface area contributed by atoms with E-state index in [1.165, 1.54) is 18.3 Å². The van der Waals surface area contributed by atoms with Gasteiger partial charge in [0, 0.05) is 19.4 Å². The Morgan fingerprint density at radius 1 is 1.50 bits per heavy atom. The van der Waals surface area contributed by atoms with E-state index in [0.29, 0.717) is 5.82 Å². The van der Waals surface area contributed by atoms with Crippen LogP contribution in [0.1, 0.15) is 16.2 Å². The number of hydrogen-bond donors (Lipinski definition) is 2. The van der Waals surface area contributed by atoms with E-state index in [0.717, 1.165) is 0 Å². The average molecular weight is 244 g/mol. The summed E-state index contributed by atoms with van der Waals surface area (Å²) in [6.07, 6.45) is 4.83. The Bertz CT molecular complexity index is 589. The number of phenols is 1. The van der Waals surface area contributed by atoms with Crippen LogP contribution in [0, 0.1) is 0 Å². The Kier molecular flexibility index (Phi) is 3.38. The minimum atomic E-state index is -0.474. The quantitative estimate of drug-likeness (QED) is 0.621. The van der Waals surface area contributed by atoms with Gasteiger partial charge in [-0.1, -0.05) is 12.1 Å². The van der Waals surface area contributed by atoms with Crippen molar-refractivity contribution in [2.75, 3.05) is 0 Å². The number of phenolic OH excluding ortho intramolecular Hbond substituents is 1. The summed E-state index contributed by atoms with van der Waals surface area (Å²) in [5, 5.41) is 13.3. The lowest BCUT2D eigenvalue weighted by molar-refractivity contribution is 0.0952. The average Bonchev–Trinajstić information content (AvgIpc) is 2.75. The maximum atomic E-state index is 11.7. The van der Waals surface area contributed by atoms with Gasteiger partial charge in [-0.2, -0.15) is 5.10 Å². The van der Waals surface area contributed by atoms with Gasteiger partial charge in [-0.3, -0.25) is 4.79 Å². The predicted octanol–water partition coefficient (Wildman–Crippen LogP) is 0.890. The lowest BCUT2D eigenvalue weighted by Gasteiger charge is -2.01. The number of amides is 1. The van der Waals surface area contributed by atoms with E-state index < -0.39 is 5.91 Å². The monoisotopic (exact) mass is 244 g/mol. The molecule has 0 fully saturated rings. The molecular weight excluding hydrogens is 232 g/mol. The third-order valence-corrected chi connectivity index (χ3v) is 2.35. The molecule has 6 heteroatoms. The van der Waals surface area contributed by atoms with E-state index in [2.05, 4.69) is 15.5 Å². The number of hydrazone groups is 1. The van der Waals surface area contributed by atoms with Crippen LogP contribution in [0.5, 0.6) is 5.75 Å². The van der Waals surface area contributed by atoms with Crippen LogP contribution in [0.3, 0.4) is 0 Å². The first-order chi connectivity index (χ1) is 8.68. The zero-order valence-corrected chi connectivity index (χ0v) is 9.74. The largest absolute Gasteiger partial charge is 0.507 e. The van der Waals surface area contributed by atoms with Crippen molar-refractivity contribution in [3.05, 3.63) is 48.0 Å². The number of rotatable bonds is 3. The first-order valence-electron chi connectivity index (χ1n) is 5.27. The highest BCUT2D eigenvalue weighted by Gasteiger charge is 2.08. The summed E-state index contributed by atoms with van der Waals surface area (Å²) in [5.74, 6) is 0.0633. The van der Waals surface area contributed by atoms with Crippen LogP contribution in [0.2, 0.25) is 0 Å². The van der Waals surface area contributed by atoms with Gasteiger partial charge in [-0.05, 0) is 12.1 Å². The number of para-hydroxylation sites is 1. The van der Waals surface area contributed by atoms with Gasteiger partial charge in [0.2, 0.25) is 0 Å². The molecule has 0 saturated carbocycles. The Labute approximate surface area is 104 Å². The maximum absolute atomic E-state index is 11.7. The smallest absolute Gasteiger partial charge is 0.275 e. The standard InChI is InChI=1S/C12H12N4O2/c1-16-7-6-13-11(16)8-14-15-12(18)9-4-2-3-5-10(9)17/h2-8,17H,1H3,(H,15,18)/b14-8+. The minimum absolute atomic E-state index is 0.0813. The van der Waals surface area contributed by atoms with E-state index in [4.69, 9.17) is 0 Å². The second-order valence-corrected chi connectivity index (χ2v) is 3.61. The molecule has 0 bridgehead atoms. The normalized spacial score (nSPS) is 10.7. The van der Waals surface area contributed by atoms with Crippen molar-refractivity contribution < 1.29 is 9.90 Å². The molecule has 92 valence electrons. The van der Waals surface area contributed by atoms with Crippen LogP contribution in [0.25, 0.3) is 0 Å². The third kappa shape index (κ3) is 2.54. The lowest BCUT2D eigenvalue weighted by atomic mass is 10.2. The number of nitrogens with one attached hydrogen (secondary N) is 1. The molecule has 6 nitrogen and oxygen atoms in total. The summed E-state index contributed by atoms with van der Waals surface area (Å²) < 4.78 is 1.76. The lowest BCUT2D eigenvalue weighted by Crippen LogP contribution is -2.18. The molecule has 0 aliphatic heterocycles. The van der Waals surface area contributed by atoms with Gasteiger partial charge in [0.05, 0.1) is 11.8 Å². The second kappa shape index (κ2) is 5.13. The molecule has 0 saturated heterocycles. The number of carbonyl (C=O) groups excluding carboxylic acids is 1. The van der Waals surface area contributed by atoms with Crippen LogP contribution >= 0.6 is 0 Å². The molecule has 18 heavy (non-hydrogen) atoms. The van der Waals surface area contributed by atoms with Gasteiger partial charge in [0.1, 0.15) is 5.75 Å². The third-order valence-electron chi connectivity index (χ3n) is 2.35. The number of aromatic hydroxyl groups is 1. The zero-order chi connectivity index (χ0) is 13.0. The molecule has 1 aromatic carbocycles. The van der Waals surface area contributed by atoms with Crippen LogP contribution in [-0.2, 0) is 7.05 Å². The maximum Gasteiger partial charge on any atom is 0.275 e. The minimum Gasteiger partial charge on any atom is -0.507 e. The SMILES string of the molecule is Cn1ccnc1/C=N/NC(=O)c1ccccc1O. The number of aromatic nitrogens is 2. The summed E-state index contributed by atoms with van der Waals surface area (Å²) in [5.41, 5.74) is 2.50. The van der Waals surface area contributed by atoms with Crippen molar-refractivity contribution in [2.24, 2.45) is 12.1 Å². The molecule has 0 aliphatic rings. The molecule has 0 aliphatic carbocycles. The number of carbonyl (C=O) groups is 1. The highest BCUT2D eigenvalue weighted by Crippen LogP contribution is 2.14. The highest BCUT2D eigenvalue weighted by molar-refractivity contribution is 5.97. The van der Waals surface area contributed by atoms with Crippen molar-refractivity contribution in [1.29, 1.82) is 0 Å².